The lowest BCUT2D eigenvalue weighted by atomic mass is 9.66. The van der Waals surface area contributed by atoms with Gasteiger partial charge in [0.1, 0.15) is 5.41 Å². The maximum absolute atomic E-state index is 12.4. The largest absolute Gasteiger partial charge is 0.401 e. The molecule has 12 heavy (non-hydrogen) atoms. The van der Waals surface area contributed by atoms with Crippen molar-refractivity contribution in [2.24, 2.45) is 5.41 Å². The van der Waals surface area contributed by atoms with Crippen LogP contribution in [0.1, 0.15) is 19.3 Å². The lowest BCUT2D eigenvalue weighted by Crippen LogP contribution is -2.50. The lowest BCUT2D eigenvalue weighted by Gasteiger charge is -2.41. The second-order valence-corrected chi connectivity index (χ2v) is 3.55. The molecule has 0 aromatic carbocycles. The molecule has 0 aromatic rings. The van der Waals surface area contributed by atoms with Crippen molar-refractivity contribution in [1.29, 1.82) is 0 Å². The molecule has 0 N–H and O–H groups in total. The Morgan fingerprint density at radius 3 is 2.00 bits per heavy atom. The fourth-order valence-electron chi connectivity index (χ4n) is 1.38. The van der Waals surface area contributed by atoms with E-state index < -0.39 is 17.4 Å². The molecule has 1 nitrogen and oxygen atoms in total. The van der Waals surface area contributed by atoms with Crippen molar-refractivity contribution in [2.75, 3.05) is 5.33 Å². The molecule has 0 amide bonds. The van der Waals surface area contributed by atoms with E-state index in [1.54, 1.807) is 0 Å². The highest BCUT2D eigenvalue weighted by Crippen LogP contribution is 2.53. The van der Waals surface area contributed by atoms with E-state index in [4.69, 9.17) is 0 Å². The summed E-state index contributed by atoms with van der Waals surface area (Å²) in [6, 6.07) is 0. The molecule has 0 aromatic heterocycles. The summed E-state index contributed by atoms with van der Waals surface area (Å²) in [5.74, 6) is -0.735. The van der Waals surface area contributed by atoms with Crippen LogP contribution in [0.3, 0.4) is 0 Å². The smallest absolute Gasteiger partial charge is 0.298 e. The predicted molar refractivity (Wildman–Crippen MR) is 41.1 cm³/mol. The number of rotatable bonds is 2. The van der Waals surface area contributed by atoms with E-state index in [1.807, 2.05) is 0 Å². The molecule has 1 aliphatic carbocycles. The van der Waals surface area contributed by atoms with Crippen LogP contribution in [-0.4, -0.2) is 17.3 Å². The first-order chi connectivity index (χ1) is 5.44. The van der Waals surface area contributed by atoms with Crippen molar-refractivity contribution in [1.82, 2.24) is 0 Å². The van der Waals surface area contributed by atoms with E-state index in [1.165, 1.54) is 0 Å². The number of halogens is 4. The van der Waals surface area contributed by atoms with Gasteiger partial charge in [-0.25, -0.2) is 0 Å². The Morgan fingerprint density at radius 2 is 1.92 bits per heavy atom. The summed E-state index contributed by atoms with van der Waals surface area (Å²) in [4.78, 5) is 11.0. The first-order valence-corrected chi connectivity index (χ1v) is 4.72. The normalized spacial score (nSPS) is 21.7. The molecule has 0 aliphatic heterocycles. The quantitative estimate of drug-likeness (QED) is 0.683. The van der Waals surface area contributed by atoms with Crippen LogP contribution in [0.4, 0.5) is 13.2 Å². The van der Waals surface area contributed by atoms with E-state index in [9.17, 15) is 18.0 Å². The number of carbonyl (C=O) groups is 1. The standard InChI is InChI=1S/C7H8BrF3O/c8-4-5(12)6(2-1-3-6)7(9,10)11/h1-4H2. The van der Waals surface area contributed by atoms with Crippen LogP contribution in [0.5, 0.6) is 0 Å². The number of carbonyl (C=O) groups excluding carboxylic acids is 1. The molecule has 0 atom stereocenters. The number of alkyl halides is 4. The molecule has 0 spiro atoms. The van der Waals surface area contributed by atoms with Gasteiger partial charge in [-0.05, 0) is 12.8 Å². The third-order valence-electron chi connectivity index (χ3n) is 2.40. The van der Waals surface area contributed by atoms with E-state index in [0.717, 1.165) is 0 Å². The van der Waals surface area contributed by atoms with Crippen LogP contribution in [-0.2, 0) is 4.79 Å². The Bertz CT molecular complexity index is 195. The minimum absolute atomic E-state index is 0.0407. The molecular formula is C7H8BrF3O. The van der Waals surface area contributed by atoms with Crippen LogP contribution < -0.4 is 0 Å². The van der Waals surface area contributed by atoms with Crippen molar-refractivity contribution in [3.05, 3.63) is 0 Å². The minimum atomic E-state index is -4.36. The highest BCUT2D eigenvalue weighted by Gasteiger charge is 2.62. The average molecular weight is 245 g/mol. The number of hydrogen-bond donors (Lipinski definition) is 0. The van der Waals surface area contributed by atoms with Gasteiger partial charge in [-0.2, -0.15) is 13.2 Å². The van der Waals surface area contributed by atoms with Gasteiger partial charge < -0.3 is 0 Å². The van der Waals surface area contributed by atoms with Crippen LogP contribution in [0.15, 0.2) is 0 Å². The van der Waals surface area contributed by atoms with Gasteiger partial charge in [0.05, 0.1) is 5.33 Å². The fourth-order valence-corrected chi connectivity index (χ4v) is 1.92. The third kappa shape index (κ3) is 1.28. The highest BCUT2D eigenvalue weighted by molar-refractivity contribution is 9.09. The van der Waals surface area contributed by atoms with Gasteiger partial charge in [-0.15, -0.1) is 0 Å². The second kappa shape index (κ2) is 3.01. The zero-order valence-electron chi connectivity index (χ0n) is 6.25. The van der Waals surface area contributed by atoms with Crippen LogP contribution in [0.2, 0.25) is 0 Å². The molecule has 1 aliphatic rings. The second-order valence-electron chi connectivity index (χ2n) is 2.99. The van der Waals surface area contributed by atoms with E-state index in [0.29, 0.717) is 6.42 Å². The maximum Gasteiger partial charge on any atom is 0.401 e. The van der Waals surface area contributed by atoms with Crippen molar-refractivity contribution in [2.45, 2.75) is 25.4 Å². The molecule has 0 saturated heterocycles. The monoisotopic (exact) mass is 244 g/mol. The van der Waals surface area contributed by atoms with Crippen molar-refractivity contribution in [3.8, 4) is 0 Å². The minimum Gasteiger partial charge on any atom is -0.298 e. The lowest BCUT2D eigenvalue weighted by molar-refractivity contribution is -0.240. The Balaban J connectivity index is 2.83. The summed E-state index contributed by atoms with van der Waals surface area (Å²) in [5.41, 5.74) is -2.02. The Labute approximate surface area is 76.4 Å². The molecule has 0 radical (unpaired) electrons. The van der Waals surface area contributed by atoms with E-state index in [-0.39, 0.29) is 18.2 Å². The van der Waals surface area contributed by atoms with Gasteiger partial charge >= 0.3 is 6.18 Å². The summed E-state index contributed by atoms with van der Waals surface area (Å²) < 4.78 is 37.1. The summed E-state index contributed by atoms with van der Waals surface area (Å²) >= 11 is 2.77. The highest BCUT2D eigenvalue weighted by atomic mass is 79.9. The van der Waals surface area contributed by atoms with Crippen molar-refractivity contribution < 1.29 is 18.0 Å². The summed E-state index contributed by atoms with van der Waals surface area (Å²) in [7, 11) is 0. The number of Topliss-reactive ketones (excluding diaryl/α,β-unsaturated/α-hetero) is 1. The Morgan fingerprint density at radius 1 is 1.42 bits per heavy atom. The van der Waals surface area contributed by atoms with Crippen molar-refractivity contribution >= 4 is 21.7 Å². The Hall–Kier alpha value is -0.0600. The SMILES string of the molecule is O=C(CBr)C1(C(F)(F)F)CCC1. The molecule has 0 bridgehead atoms. The van der Waals surface area contributed by atoms with E-state index >= 15 is 0 Å². The zero-order chi connectivity index (χ0) is 9.41. The van der Waals surface area contributed by atoms with E-state index in [2.05, 4.69) is 15.9 Å². The first-order valence-electron chi connectivity index (χ1n) is 3.60. The fraction of sp³-hybridized carbons (Fsp3) is 0.857. The zero-order valence-corrected chi connectivity index (χ0v) is 7.83. The molecule has 1 rings (SSSR count). The van der Waals surface area contributed by atoms with Gasteiger partial charge in [0.2, 0.25) is 0 Å². The van der Waals surface area contributed by atoms with Gasteiger partial charge in [0, 0.05) is 0 Å². The number of hydrogen-bond acceptors (Lipinski definition) is 1. The van der Waals surface area contributed by atoms with Crippen LogP contribution in [0, 0.1) is 5.41 Å². The topological polar surface area (TPSA) is 17.1 Å². The maximum atomic E-state index is 12.4. The molecule has 0 unspecified atom stereocenters. The number of ketones is 1. The molecule has 1 fully saturated rings. The predicted octanol–water partition coefficient (Wildman–Crippen LogP) is 2.68. The van der Waals surface area contributed by atoms with Gasteiger partial charge in [0.25, 0.3) is 0 Å². The van der Waals surface area contributed by atoms with Crippen LogP contribution >= 0.6 is 15.9 Å². The molecule has 70 valence electrons. The summed E-state index contributed by atoms with van der Waals surface area (Å²) in [5, 5.41) is -0.202. The average Bonchev–Trinajstić information content (AvgIpc) is 1.81. The molecular weight excluding hydrogens is 237 g/mol. The van der Waals surface area contributed by atoms with Gasteiger partial charge in [-0.3, -0.25) is 4.79 Å². The molecule has 0 heterocycles. The summed E-state index contributed by atoms with van der Waals surface area (Å²) in [6.07, 6.45) is -3.95. The third-order valence-corrected chi connectivity index (χ3v) is 2.91. The summed E-state index contributed by atoms with van der Waals surface area (Å²) in [6.45, 7) is 0. The van der Waals surface area contributed by atoms with Crippen LogP contribution in [0.25, 0.3) is 0 Å². The molecule has 5 heteroatoms. The van der Waals surface area contributed by atoms with Gasteiger partial charge in [0.15, 0.2) is 5.78 Å². The van der Waals surface area contributed by atoms with Crippen molar-refractivity contribution in [3.63, 3.8) is 0 Å². The first kappa shape index (κ1) is 10.0. The van der Waals surface area contributed by atoms with Gasteiger partial charge in [-0.1, -0.05) is 22.4 Å². The molecule has 1 saturated carbocycles. The Kier molecular flexibility index (Phi) is 2.52.